The van der Waals surface area contributed by atoms with Crippen LogP contribution in [-0.2, 0) is 25.6 Å². The van der Waals surface area contributed by atoms with Crippen molar-refractivity contribution in [2.24, 2.45) is 27.9 Å². The highest BCUT2D eigenvalue weighted by Crippen LogP contribution is 2.19. The minimum Gasteiger partial charge on any atom is -0.480 e. The third-order valence-electron chi connectivity index (χ3n) is 6.35. The van der Waals surface area contributed by atoms with Gasteiger partial charge < -0.3 is 49.0 Å². The number of carboxylic acids is 1. The molecule has 0 saturated carbocycles. The van der Waals surface area contributed by atoms with Crippen molar-refractivity contribution in [1.29, 1.82) is 0 Å². The monoisotopic (exact) mass is 559 g/mol. The lowest BCUT2D eigenvalue weighted by Crippen LogP contribution is -2.56. The van der Waals surface area contributed by atoms with Crippen LogP contribution in [0.5, 0.6) is 0 Å². The van der Waals surface area contributed by atoms with E-state index in [0.29, 0.717) is 38.8 Å². The summed E-state index contributed by atoms with van der Waals surface area (Å²) < 4.78 is 0. The molecule has 1 aromatic carbocycles. The standard InChI is InChI=1S/C26H41N9O5/c1-15(22(36)35-21(25(39)40)13-16-14-32-19-9-3-2-7-17(16)19)33-24(38)20(10-4-5-11-27)34-23(37)18(28)8-6-12-31-26(29)30/h2-3,7,9,14-15,18,20-21,32H,4-6,8,10-13,27-28H2,1H3,(H,33,38)(H,34,37)(H,35,36)(H,39,40)(H4,29,30,31). The molecule has 1 aromatic heterocycles. The molecule has 220 valence electrons. The summed E-state index contributed by atoms with van der Waals surface area (Å²) in [6, 6.07) is 3.29. The van der Waals surface area contributed by atoms with Crippen LogP contribution in [0.15, 0.2) is 35.5 Å². The lowest BCUT2D eigenvalue weighted by Gasteiger charge is -2.23. The number of carbonyl (C=O) groups is 4. The molecule has 13 N–H and O–H groups in total. The molecule has 1 heterocycles. The number of aromatic amines is 1. The van der Waals surface area contributed by atoms with Gasteiger partial charge in [-0.15, -0.1) is 0 Å². The number of amides is 3. The van der Waals surface area contributed by atoms with Crippen LogP contribution >= 0.6 is 0 Å². The fraction of sp³-hybridized carbons (Fsp3) is 0.500. The van der Waals surface area contributed by atoms with Crippen LogP contribution < -0.4 is 38.9 Å². The first-order valence-corrected chi connectivity index (χ1v) is 13.2. The highest BCUT2D eigenvalue weighted by atomic mass is 16.4. The maximum Gasteiger partial charge on any atom is 0.326 e. The second-order valence-corrected chi connectivity index (χ2v) is 9.59. The number of carboxylic acid groups (broad SMARTS) is 1. The van der Waals surface area contributed by atoms with Gasteiger partial charge in [-0.3, -0.25) is 19.4 Å². The van der Waals surface area contributed by atoms with E-state index in [2.05, 4.69) is 25.9 Å². The van der Waals surface area contributed by atoms with Crippen LogP contribution in [0.2, 0.25) is 0 Å². The highest BCUT2D eigenvalue weighted by molar-refractivity contribution is 5.94. The Kier molecular flexibility index (Phi) is 12.9. The molecule has 0 radical (unpaired) electrons. The van der Waals surface area contributed by atoms with Gasteiger partial charge in [0, 0.05) is 30.1 Å². The number of nitrogens with one attached hydrogen (secondary N) is 4. The van der Waals surface area contributed by atoms with Crippen molar-refractivity contribution in [2.75, 3.05) is 13.1 Å². The van der Waals surface area contributed by atoms with Crippen LogP contribution in [-0.4, -0.2) is 77.0 Å². The molecular weight excluding hydrogens is 518 g/mol. The zero-order chi connectivity index (χ0) is 29.7. The lowest BCUT2D eigenvalue weighted by atomic mass is 10.0. The number of fused-ring (bicyclic) bond motifs is 1. The highest BCUT2D eigenvalue weighted by Gasteiger charge is 2.28. The van der Waals surface area contributed by atoms with Crippen molar-refractivity contribution in [3.05, 3.63) is 36.0 Å². The molecule has 14 nitrogen and oxygen atoms in total. The van der Waals surface area contributed by atoms with Crippen LogP contribution in [0.3, 0.4) is 0 Å². The molecule has 0 spiro atoms. The van der Waals surface area contributed by atoms with E-state index in [1.165, 1.54) is 6.92 Å². The number of benzene rings is 1. The first-order valence-electron chi connectivity index (χ1n) is 13.2. The predicted octanol–water partition coefficient (Wildman–Crippen LogP) is -1.22. The Morgan fingerprint density at radius 1 is 0.950 bits per heavy atom. The molecule has 2 rings (SSSR count). The molecular formula is C26H41N9O5. The number of guanidine groups is 1. The minimum atomic E-state index is -1.22. The molecule has 4 atom stereocenters. The van der Waals surface area contributed by atoms with Crippen molar-refractivity contribution in [3.8, 4) is 0 Å². The maximum atomic E-state index is 13.0. The Morgan fingerprint density at radius 3 is 2.33 bits per heavy atom. The number of H-pyrrole nitrogens is 1. The Bertz CT molecular complexity index is 1180. The quantitative estimate of drug-likeness (QED) is 0.0638. The number of para-hydroxylation sites is 1. The van der Waals surface area contributed by atoms with Gasteiger partial charge in [0.25, 0.3) is 0 Å². The van der Waals surface area contributed by atoms with E-state index in [9.17, 15) is 24.3 Å². The number of hydrogen-bond donors (Lipinski definition) is 9. The van der Waals surface area contributed by atoms with E-state index >= 15 is 0 Å². The summed E-state index contributed by atoms with van der Waals surface area (Å²) >= 11 is 0. The fourth-order valence-corrected chi connectivity index (χ4v) is 4.09. The smallest absolute Gasteiger partial charge is 0.326 e. The molecule has 40 heavy (non-hydrogen) atoms. The normalized spacial score (nSPS) is 14.0. The summed E-state index contributed by atoms with van der Waals surface area (Å²) in [5.74, 6) is -3.06. The van der Waals surface area contributed by atoms with Crippen molar-refractivity contribution >= 4 is 40.6 Å². The molecule has 0 aliphatic heterocycles. The van der Waals surface area contributed by atoms with Gasteiger partial charge in [0.15, 0.2) is 5.96 Å². The number of unbranched alkanes of at least 4 members (excludes halogenated alkanes) is 1. The number of aliphatic imine (C=N–C) groups is 1. The lowest BCUT2D eigenvalue weighted by molar-refractivity contribution is -0.142. The maximum absolute atomic E-state index is 13.0. The molecule has 0 saturated heterocycles. The molecule has 14 heteroatoms. The number of aromatic nitrogens is 1. The number of nitrogens with zero attached hydrogens (tertiary/aromatic N) is 1. The van der Waals surface area contributed by atoms with Gasteiger partial charge in [0.05, 0.1) is 6.04 Å². The van der Waals surface area contributed by atoms with E-state index in [0.717, 1.165) is 16.5 Å². The molecule has 2 aromatic rings. The van der Waals surface area contributed by atoms with Crippen molar-refractivity contribution in [2.45, 2.75) is 69.6 Å². The largest absolute Gasteiger partial charge is 0.480 e. The van der Waals surface area contributed by atoms with Crippen LogP contribution in [0, 0.1) is 0 Å². The topological polar surface area (TPSA) is 257 Å². The minimum absolute atomic E-state index is 0.0462. The Morgan fingerprint density at radius 2 is 1.65 bits per heavy atom. The average Bonchev–Trinajstić information content (AvgIpc) is 3.32. The van der Waals surface area contributed by atoms with Crippen LogP contribution in [0.25, 0.3) is 10.9 Å². The third kappa shape index (κ3) is 10.2. The van der Waals surface area contributed by atoms with Gasteiger partial charge in [0.2, 0.25) is 17.7 Å². The van der Waals surface area contributed by atoms with E-state index in [4.69, 9.17) is 22.9 Å². The molecule has 0 aliphatic rings. The summed E-state index contributed by atoms with van der Waals surface area (Å²) in [5, 5.41) is 18.3. The van der Waals surface area contributed by atoms with Gasteiger partial charge in [-0.05, 0) is 57.2 Å². The molecule has 0 aliphatic carbocycles. The second kappa shape index (κ2) is 16.1. The average molecular weight is 560 g/mol. The summed E-state index contributed by atoms with van der Waals surface area (Å²) in [6.45, 7) is 2.17. The summed E-state index contributed by atoms with van der Waals surface area (Å²) in [5.41, 5.74) is 23.7. The van der Waals surface area contributed by atoms with Gasteiger partial charge >= 0.3 is 5.97 Å². The molecule has 0 fully saturated rings. The first kappa shape index (κ1) is 32.0. The van der Waals surface area contributed by atoms with Crippen molar-refractivity contribution in [1.82, 2.24) is 20.9 Å². The van der Waals surface area contributed by atoms with E-state index < -0.39 is 47.9 Å². The SMILES string of the molecule is CC(NC(=O)C(CCCCN)NC(=O)C(N)CCCN=C(N)N)C(=O)NC(Cc1c[nH]c2ccccc12)C(=O)O. The predicted molar refractivity (Wildman–Crippen MR) is 152 cm³/mol. The number of nitrogens with two attached hydrogens (primary N) is 4. The number of hydrogen-bond acceptors (Lipinski definition) is 7. The van der Waals surface area contributed by atoms with Gasteiger partial charge in [-0.2, -0.15) is 0 Å². The third-order valence-corrected chi connectivity index (χ3v) is 6.35. The molecule has 0 bridgehead atoms. The Labute approximate surface area is 232 Å². The Balaban J connectivity index is 1.99. The van der Waals surface area contributed by atoms with E-state index in [1.807, 2.05) is 24.3 Å². The van der Waals surface area contributed by atoms with Gasteiger partial charge in [-0.1, -0.05) is 18.2 Å². The van der Waals surface area contributed by atoms with Crippen molar-refractivity contribution < 1.29 is 24.3 Å². The number of aliphatic carboxylic acids is 1. The Hall–Kier alpha value is -4.17. The van der Waals surface area contributed by atoms with E-state index in [1.54, 1.807) is 6.20 Å². The first-order chi connectivity index (χ1) is 19.0. The zero-order valence-electron chi connectivity index (χ0n) is 22.7. The molecule has 4 unspecified atom stereocenters. The van der Waals surface area contributed by atoms with Crippen LogP contribution in [0.4, 0.5) is 0 Å². The summed E-state index contributed by atoms with van der Waals surface area (Å²) in [4.78, 5) is 57.3. The summed E-state index contributed by atoms with van der Waals surface area (Å²) in [6.07, 6.45) is 3.99. The fourth-order valence-electron chi connectivity index (χ4n) is 4.09. The van der Waals surface area contributed by atoms with Gasteiger partial charge in [-0.25, -0.2) is 4.79 Å². The van der Waals surface area contributed by atoms with Crippen LogP contribution in [0.1, 0.15) is 44.6 Å². The zero-order valence-corrected chi connectivity index (χ0v) is 22.7. The summed E-state index contributed by atoms with van der Waals surface area (Å²) in [7, 11) is 0. The second-order valence-electron chi connectivity index (χ2n) is 9.59. The van der Waals surface area contributed by atoms with Gasteiger partial charge in [0.1, 0.15) is 18.1 Å². The molecule has 3 amide bonds. The number of carbonyl (C=O) groups excluding carboxylic acids is 3. The number of rotatable bonds is 17. The van der Waals surface area contributed by atoms with E-state index in [-0.39, 0.29) is 18.8 Å². The van der Waals surface area contributed by atoms with Crippen molar-refractivity contribution in [3.63, 3.8) is 0 Å².